The molecule has 0 amide bonds. The third-order valence-electron chi connectivity index (χ3n) is 5.95. The van der Waals surface area contributed by atoms with Gasteiger partial charge in [0, 0.05) is 13.1 Å². The van der Waals surface area contributed by atoms with Crippen molar-refractivity contribution in [3.05, 3.63) is 96.8 Å². The van der Waals surface area contributed by atoms with Gasteiger partial charge in [0.05, 0.1) is 13.2 Å². The van der Waals surface area contributed by atoms with Gasteiger partial charge >= 0.3 is 0 Å². The molecule has 0 radical (unpaired) electrons. The molecular weight excluding hydrogens is 509 g/mol. The minimum Gasteiger partial charge on any atom is -1.00 e. The third kappa shape index (κ3) is 4.97. The van der Waals surface area contributed by atoms with Gasteiger partial charge in [-0.1, -0.05) is 54.6 Å². The Morgan fingerprint density at radius 3 is 1.65 bits per heavy atom. The van der Waals surface area contributed by atoms with Crippen molar-refractivity contribution < 1.29 is 21.7 Å². The van der Waals surface area contributed by atoms with Crippen LogP contribution in [0.3, 0.4) is 0 Å². The predicted molar refractivity (Wildman–Crippen MR) is 136 cm³/mol. The van der Waals surface area contributed by atoms with Gasteiger partial charge in [0.25, 0.3) is 0 Å². The van der Waals surface area contributed by atoms with Crippen LogP contribution in [-0.4, -0.2) is 41.3 Å². The van der Waals surface area contributed by atoms with Crippen molar-refractivity contribution in [3.63, 3.8) is 0 Å². The maximum absolute atomic E-state index is 6.19. The molecule has 1 aliphatic rings. The molecule has 0 bridgehead atoms. The standard InChI is InChI=1S/C26H27N5OP.BrH/c27-25-28-24(29-26(30-25)31-16-18-32-19-17-31)20-33(21-10-4-1-5-11-21,22-12-6-2-7-13-22)23-14-8-3-9-15-23;/h1-15H,16-20H2,(H2,27,28,29,30);1H/q+1;/p-1. The summed E-state index contributed by atoms with van der Waals surface area (Å²) in [5.74, 6) is 1.61. The molecule has 0 atom stereocenters. The lowest BCUT2D eigenvalue weighted by Gasteiger charge is -2.29. The Kier molecular flexibility index (Phi) is 7.88. The first-order chi connectivity index (χ1) is 16.3. The van der Waals surface area contributed by atoms with Crippen LogP contribution in [0.25, 0.3) is 0 Å². The highest BCUT2D eigenvalue weighted by Gasteiger charge is 2.46. The van der Waals surface area contributed by atoms with Gasteiger partial charge in [-0.05, 0) is 36.4 Å². The number of nitrogens with two attached hydrogens (primary N) is 1. The molecule has 2 heterocycles. The van der Waals surface area contributed by atoms with E-state index in [9.17, 15) is 0 Å². The zero-order valence-electron chi connectivity index (χ0n) is 18.8. The van der Waals surface area contributed by atoms with Crippen LogP contribution in [0.5, 0.6) is 0 Å². The second kappa shape index (κ2) is 11.0. The average molecular weight is 536 g/mol. The molecule has 34 heavy (non-hydrogen) atoms. The summed E-state index contributed by atoms with van der Waals surface area (Å²) in [7, 11) is -2.11. The minimum absolute atomic E-state index is 0. The van der Waals surface area contributed by atoms with Crippen LogP contribution in [0.15, 0.2) is 91.0 Å². The van der Waals surface area contributed by atoms with Crippen LogP contribution in [0.2, 0.25) is 0 Å². The average Bonchev–Trinajstić information content (AvgIpc) is 2.89. The fourth-order valence-electron chi connectivity index (χ4n) is 4.38. The number of morpholine rings is 1. The molecule has 2 N–H and O–H groups in total. The summed E-state index contributed by atoms with van der Waals surface area (Å²) in [5.41, 5.74) is 6.19. The summed E-state index contributed by atoms with van der Waals surface area (Å²) < 4.78 is 5.50. The molecule has 1 aliphatic heterocycles. The van der Waals surface area contributed by atoms with Crippen LogP contribution in [-0.2, 0) is 10.9 Å². The molecule has 1 saturated heterocycles. The second-order valence-electron chi connectivity index (χ2n) is 7.98. The largest absolute Gasteiger partial charge is 1.00 e. The molecule has 8 heteroatoms. The number of halogens is 1. The molecule has 0 saturated carbocycles. The Morgan fingerprint density at radius 1 is 0.706 bits per heavy atom. The first kappa shape index (κ1) is 24.3. The highest BCUT2D eigenvalue weighted by Crippen LogP contribution is 2.57. The van der Waals surface area contributed by atoms with E-state index in [1.807, 2.05) is 0 Å². The summed E-state index contributed by atoms with van der Waals surface area (Å²) in [6.07, 6.45) is 0.662. The highest BCUT2D eigenvalue weighted by atomic mass is 79.9. The lowest BCUT2D eigenvalue weighted by Crippen LogP contribution is -3.00. The first-order valence-electron chi connectivity index (χ1n) is 11.1. The number of hydrogen-bond acceptors (Lipinski definition) is 6. The number of nitrogens with zero attached hydrogens (tertiary/aromatic N) is 4. The molecule has 5 rings (SSSR count). The van der Waals surface area contributed by atoms with Gasteiger partial charge in [-0.15, -0.1) is 0 Å². The lowest BCUT2D eigenvalue weighted by molar-refractivity contribution is -0.00000760. The van der Waals surface area contributed by atoms with Gasteiger partial charge in [-0.3, -0.25) is 0 Å². The molecule has 3 aromatic carbocycles. The number of rotatable bonds is 6. The molecule has 0 aliphatic carbocycles. The molecule has 4 aromatic rings. The van der Waals surface area contributed by atoms with Gasteiger partial charge in [0.1, 0.15) is 29.3 Å². The number of aromatic nitrogens is 3. The zero-order chi connectivity index (χ0) is 22.5. The molecule has 1 fully saturated rings. The molecule has 0 unspecified atom stereocenters. The van der Waals surface area contributed by atoms with Crippen molar-refractivity contribution in [1.29, 1.82) is 0 Å². The molecule has 6 nitrogen and oxygen atoms in total. The number of anilines is 2. The van der Waals surface area contributed by atoms with Crippen LogP contribution in [0.4, 0.5) is 11.9 Å². The molecule has 174 valence electrons. The maximum Gasteiger partial charge on any atom is 0.230 e. The van der Waals surface area contributed by atoms with Crippen molar-refractivity contribution in [3.8, 4) is 0 Å². The van der Waals surface area contributed by atoms with Gasteiger partial charge in [0.15, 0.2) is 5.82 Å². The Bertz CT molecular complexity index is 1100. The summed E-state index contributed by atoms with van der Waals surface area (Å²) >= 11 is 0. The predicted octanol–water partition coefficient (Wildman–Crippen LogP) is -0.211. The van der Waals surface area contributed by atoms with Crippen molar-refractivity contribution in [2.24, 2.45) is 0 Å². The van der Waals surface area contributed by atoms with Crippen LogP contribution in [0, 0.1) is 0 Å². The summed E-state index contributed by atoms with van der Waals surface area (Å²) in [6, 6.07) is 32.2. The van der Waals surface area contributed by atoms with E-state index in [1.54, 1.807) is 0 Å². The van der Waals surface area contributed by atoms with Crippen molar-refractivity contribution in [1.82, 2.24) is 15.0 Å². The number of benzene rings is 3. The SMILES string of the molecule is Nc1nc(C[P+](c2ccccc2)(c2ccccc2)c2ccccc2)nc(N2CCOCC2)n1.[Br-]. The monoisotopic (exact) mass is 535 g/mol. The lowest BCUT2D eigenvalue weighted by atomic mass is 10.4. The smallest absolute Gasteiger partial charge is 0.230 e. The fourth-order valence-corrected chi connectivity index (χ4v) is 8.43. The quantitative estimate of drug-likeness (QED) is 0.344. The van der Waals surface area contributed by atoms with E-state index in [0.717, 1.165) is 13.1 Å². The number of hydrogen-bond donors (Lipinski definition) is 1. The van der Waals surface area contributed by atoms with Crippen molar-refractivity contribution >= 4 is 35.1 Å². The second-order valence-corrected chi connectivity index (χ2v) is 11.5. The Balaban J connectivity index is 0.00000274. The normalized spacial score (nSPS) is 13.8. The summed E-state index contributed by atoms with van der Waals surface area (Å²) in [5, 5.41) is 3.86. The zero-order valence-corrected chi connectivity index (χ0v) is 21.3. The fraction of sp³-hybridized carbons (Fsp3) is 0.192. The van der Waals surface area contributed by atoms with Gasteiger partial charge in [0.2, 0.25) is 11.9 Å². The van der Waals surface area contributed by atoms with E-state index < -0.39 is 7.26 Å². The van der Waals surface area contributed by atoms with E-state index in [4.69, 9.17) is 15.5 Å². The highest BCUT2D eigenvalue weighted by molar-refractivity contribution is 7.95. The first-order valence-corrected chi connectivity index (χ1v) is 13.1. The van der Waals surface area contributed by atoms with E-state index in [2.05, 4.69) is 106 Å². The van der Waals surface area contributed by atoms with Crippen LogP contribution >= 0.6 is 7.26 Å². The van der Waals surface area contributed by atoms with E-state index in [1.165, 1.54) is 15.9 Å². The van der Waals surface area contributed by atoms with Crippen LogP contribution < -0.4 is 43.5 Å². The molecular formula is C26H27BrN5OP. The Morgan fingerprint density at radius 2 is 1.18 bits per heavy atom. The van der Waals surface area contributed by atoms with Gasteiger partial charge < -0.3 is 32.4 Å². The number of ether oxygens (including phenoxy) is 1. The molecule has 1 aromatic heterocycles. The van der Waals surface area contributed by atoms with Gasteiger partial charge in [-0.2, -0.15) is 15.0 Å². The van der Waals surface area contributed by atoms with Gasteiger partial charge in [-0.25, -0.2) is 0 Å². The van der Waals surface area contributed by atoms with Crippen molar-refractivity contribution in [2.45, 2.75) is 6.16 Å². The minimum atomic E-state index is -2.11. The third-order valence-corrected chi connectivity index (χ3v) is 10.2. The Labute approximate surface area is 211 Å². The van der Waals surface area contributed by atoms with Crippen LogP contribution in [0.1, 0.15) is 5.82 Å². The van der Waals surface area contributed by atoms with E-state index in [-0.39, 0.29) is 22.9 Å². The number of nitrogen functional groups attached to an aromatic ring is 1. The Hall–Kier alpha value is -2.86. The summed E-state index contributed by atoms with van der Waals surface area (Å²) in [6.45, 7) is 2.82. The van der Waals surface area contributed by atoms with E-state index in [0.29, 0.717) is 31.1 Å². The maximum atomic E-state index is 6.19. The summed E-state index contributed by atoms with van der Waals surface area (Å²) in [4.78, 5) is 16.1. The topological polar surface area (TPSA) is 77.2 Å². The van der Waals surface area contributed by atoms with Crippen molar-refractivity contribution in [2.75, 3.05) is 36.9 Å². The van der Waals surface area contributed by atoms with E-state index >= 15 is 0 Å². The molecule has 0 spiro atoms.